The number of hydrogen-bond donors (Lipinski definition) is 1. The first-order chi connectivity index (χ1) is 8.18. The summed E-state index contributed by atoms with van der Waals surface area (Å²) in [5, 5.41) is 0. The van der Waals surface area contributed by atoms with Gasteiger partial charge in [-0.2, -0.15) is 0 Å². The smallest absolute Gasteiger partial charge is 0.131 e. The average molecular weight is 229 g/mol. The van der Waals surface area contributed by atoms with E-state index in [1.807, 2.05) is 37.3 Å². The number of rotatable bonds is 3. The molecule has 17 heavy (non-hydrogen) atoms. The third-order valence-electron chi connectivity index (χ3n) is 2.72. The van der Waals surface area contributed by atoms with Crippen LogP contribution in [0.1, 0.15) is 12.5 Å². The quantitative estimate of drug-likeness (QED) is 0.857. The van der Waals surface area contributed by atoms with E-state index in [0.717, 1.165) is 17.5 Å². The van der Waals surface area contributed by atoms with Gasteiger partial charge in [-0.05, 0) is 30.5 Å². The van der Waals surface area contributed by atoms with Gasteiger partial charge in [0.15, 0.2) is 0 Å². The minimum absolute atomic E-state index is 0.0722. The van der Waals surface area contributed by atoms with Gasteiger partial charge in [-0.15, -0.1) is 0 Å². The molecule has 2 N–H and O–H groups in total. The first-order valence-corrected chi connectivity index (χ1v) is 5.77. The summed E-state index contributed by atoms with van der Waals surface area (Å²) >= 11 is 0. The van der Waals surface area contributed by atoms with Crippen molar-refractivity contribution in [3.63, 3.8) is 0 Å². The maximum atomic E-state index is 13.8. The van der Waals surface area contributed by atoms with Gasteiger partial charge in [0, 0.05) is 11.6 Å². The first kappa shape index (κ1) is 11.8. The third-order valence-corrected chi connectivity index (χ3v) is 2.72. The Morgan fingerprint density at radius 2 is 1.59 bits per heavy atom. The van der Waals surface area contributed by atoms with Crippen molar-refractivity contribution in [3.05, 3.63) is 59.9 Å². The molecule has 1 nitrogen and oxygen atoms in total. The molecule has 2 aromatic rings. The molecular weight excluding hydrogens is 213 g/mol. The van der Waals surface area contributed by atoms with Crippen LogP contribution < -0.4 is 5.73 Å². The van der Waals surface area contributed by atoms with Crippen LogP contribution in [0.15, 0.2) is 48.5 Å². The predicted octanol–water partition coefficient (Wildman–Crippen LogP) is 3.38. The van der Waals surface area contributed by atoms with Crippen LogP contribution in [0.25, 0.3) is 11.1 Å². The standard InChI is InChI=1S/C15H16FN/c1-11(17)10-12-6-2-3-7-13(12)14-8-4-5-9-15(14)16/h2-9,11H,10,17H2,1H3. The zero-order valence-electron chi connectivity index (χ0n) is 9.86. The normalized spacial score (nSPS) is 12.4. The maximum absolute atomic E-state index is 13.8. The Hall–Kier alpha value is -1.67. The van der Waals surface area contributed by atoms with E-state index in [-0.39, 0.29) is 11.9 Å². The lowest BCUT2D eigenvalue weighted by atomic mass is 9.95. The molecule has 0 saturated carbocycles. The molecule has 0 radical (unpaired) electrons. The molecule has 2 heteroatoms. The van der Waals surface area contributed by atoms with E-state index in [9.17, 15) is 4.39 Å². The molecule has 88 valence electrons. The van der Waals surface area contributed by atoms with Crippen molar-refractivity contribution in [2.75, 3.05) is 0 Å². The largest absolute Gasteiger partial charge is 0.328 e. The second-order valence-electron chi connectivity index (χ2n) is 4.32. The molecule has 0 spiro atoms. The van der Waals surface area contributed by atoms with Gasteiger partial charge >= 0.3 is 0 Å². The van der Waals surface area contributed by atoms with Crippen LogP contribution in [0.4, 0.5) is 4.39 Å². The molecule has 0 heterocycles. The molecule has 0 saturated heterocycles. The van der Waals surface area contributed by atoms with Crippen molar-refractivity contribution in [1.82, 2.24) is 0 Å². The Bertz CT molecular complexity index is 506. The minimum atomic E-state index is -0.190. The van der Waals surface area contributed by atoms with Gasteiger partial charge in [0.05, 0.1) is 0 Å². The van der Waals surface area contributed by atoms with Crippen LogP contribution in [-0.4, -0.2) is 6.04 Å². The highest BCUT2D eigenvalue weighted by Gasteiger charge is 2.09. The molecule has 0 aliphatic heterocycles. The highest BCUT2D eigenvalue weighted by Crippen LogP contribution is 2.26. The van der Waals surface area contributed by atoms with Crippen molar-refractivity contribution < 1.29 is 4.39 Å². The highest BCUT2D eigenvalue weighted by molar-refractivity contribution is 5.68. The van der Waals surface area contributed by atoms with E-state index in [4.69, 9.17) is 5.73 Å². The van der Waals surface area contributed by atoms with E-state index >= 15 is 0 Å². The van der Waals surface area contributed by atoms with E-state index in [2.05, 4.69) is 0 Å². The van der Waals surface area contributed by atoms with Crippen molar-refractivity contribution in [1.29, 1.82) is 0 Å². The summed E-state index contributed by atoms with van der Waals surface area (Å²) in [5.74, 6) is -0.190. The summed E-state index contributed by atoms with van der Waals surface area (Å²) in [4.78, 5) is 0. The van der Waals surface area contributed by atoms with E-state index in [0.29, 0.717) is 5.56 Å². The Kier molecular flexibility index (Phi) is 3.55. The van der Waals surface area contributed by atoms with Gasteiger partial charge in [0.2, 0.25) is 0 Å². The Balaban J connectivity index is 2.48. The van der Waals surface area contributed by atoms with Gasteiger partial charge < -0.3 is 5.73 Å². The van der Waals surface area contributed by atoms with Gasteiger partial charge in [-0.1, -0.05) is 42.5 Å². The topological polar surface area (TPSA) is 26.0 Å². The Labute approximate surface area is 101 Å². The molecule has 1 unspecified atom stereocenters. The van der Waals surface area contributed by atoms with E-state index in [1.54, 1.807) is 12.1 Å². The average Bonchev–Trinajstić information content (AvgIpc) is 2.30. The molecular formula is C15H16FN. The van der Waals surface area contributed by atoms with Crippen LogP contribution in [0.5, 0.6) is 0 Å². The Morgan fingerprint density at radius 1 is 1.00 bits per heavy atom. The van der Waals surface area contributed by atoms with Crippen LogP contribution in [0.3, 0.4) is 0 Å². The van der Waals surface area contributed by atoms with Crippen LogP contribution in [0.2, 0.25) is 0 Å². The number of benzene rings is 2. The van der Waals surface area contributed by atoms with E-state index < -0.39 is 0 Å². The Morgan fingerprint density at radius 3 is 2.24 bits per heavy atom. The molecule has 2 aromatic carbocycles. The first-order valence-electron chi connectivity index (χ1n) is 5.77. The van der Waals surface area contributed by atoms with Crippen molar-refractivity contribution in [3.8, 4) is 11.1 Å². The maximum Gasteiger partial charge on any atom is 0.131 e. The fraction of sp³-hybridized carbons (Fsp3) is 0.200. The zero-order chi connectivity index (χ0) is 12.3. The SMILES string of the molecule is CC(N)Cc1ccccc1-c1ccccc1F. The molecule has 2 rings (SSSR count). The zero-order valence-corrected chi connectivity index (χ0v) is 9.86. The third kappa shape index (κ3) is 2.71. The summed E-state index contributed by atoms with van der Waals surface area (Å²) < 4.78 is 13.8. The highest BCUT2D eigenvalue weighted by atomic mass is 19.1. The van der Waals surface area contributed by atoms with Crippen LogP contribution >= 0.6 is 0 Å². The summed E-state index contributed by atoms with van der Waals surface area (Å²) in [7, 11) is 0. The van der Waals surface area contributed by atoms with Crippen LogP contribution in [-0.2, 0) is 6.42 Å². The summed E-state index contributed by atoms with van der Waals surface area (Å²) in [6, 6.07) is 14.7. The molecule has 0 aliphatic rings. The van der Waals surface area contributed by atoms with Crippen LogP contribution in [0, 0.1) is 5.82 Å². The van der Waals surface area contributed by atoms with Crippen molar-refractivity contribution in [2.45, 2.75) is 19.4 Å². The molecule has 0 fully saturated rings. The molecule has 0 aliphatic carbocycles. The lowest BCUT2D eigenvalue weighted by molar-refractivity contribution is 0.631. The van der Waals surface area contributed by atoms with Gasteiger partial charge in [0.25, 0.3) is 0 Å². The lowest BCUT2D eigenvalue weighted by Gasteiger charge is -2.12. The predicted molar refractivity (Wildman–Crippen MR) is 69.2 cm³/mol. The molecule has 1 atom stereocenters. The van der Waals surface area contributed by atoms with Crippen molar-refractivity contribution >= 4 is 0 Å². The number of nitrogens with two attached hydrogens (primary N) is 1. The summed E-state index contributed by atoms with van der Waals surface area (Å²) in [6.07, 6.45) is 0.754. The van der Waals surface area contributed by atoms with Crippen molar-refractivity contribution in [2.24, 2.45) is 5.73 Å². The van der Waals surface area contributed by atoms with Gasteiger partial charge in [-0.25, -0.2) is 4.39 Å². The van der Waals surface area contributed by atoms with E-state index in [1.165, 1.54) is 6.07 Å². The molecule has 0 aromatic heterocycles. The summed E-state index contributed by atoms with van der Waals surface area (Å²) in [6.45, 7) is 1.96. The van der Waals surface area contributed by atoms with Gasteiger partial charge in [0.1, 0.15) is 5.82 Å². The second kappa shape index (κ2) is 5.11. The molecule has 0 bridgehead atoms. The number of halogens is 1. The summed E-state index contributed by atoms with van der Waals surface area (Å²) in [5.41, 5.74) is 8.48. The minimum Gasteiger partial charge on any atom is -0.328 e. The second-order valence-corrected chi connectivity index (χ2v) is 4.32. The lowest BCUT2D eigenvalue weighted by Crippen LogP contribution is -2.18. The molecule has 0 amide bonds. The fourth-order valence-electron chi connectivity index (χ4n) is 1.99. The number of hydrogen-bond acceptors (Lipinski definition) is 1. The monoisotopic (exact) mass is 229 g/mol. The van der Waals surface area contributed by atoms with Gasteiger partial charge in [-0.3, -0.25) is 0 Å². The fourth-order valence-corrected chi connectivity index (χ4v) is 1.99.